The molecule has 33 heavy (non-hydrogen) atoms. The monoisotopic (exact) mass is 516 g/mol. The van der Waals surface area contributed by atoms with Crippen molar-refractivity contribution < 1.29 is 26.4 Å². The topological polar surface area (TPSA) is 66.5 Å². The second kappa shape index (κ2) is 10.0. The number of carbonyl (C=O) groups excluding carboxylic acids is 1. The Morgan fingerprint density at radius 1 is 0.909 bits per heavy atom. The number of alkyl halides is 3. The lowest BCUT2D eigenvalue weighted by Crippen LogP contribution is -2.40. The van der Waals surface area contributed by atoms with Crippen molar-refractivity contribution >= 4 is 44.8 Å². The van der Waals surface area contributed by atoms with Crippen molar-refractivity contribution in [3.8, 4) is 0 Å². The van der Waals surface area contributed by atoms with E-state index in [1.807, 2.05) is 0 Å². The van der Waals surface area contributed by atoms with Crippen molar-refractivity contribution in [2.45, 2.75) is 17.6 Å². The minimum atomic E-state index is -4.52. The van der Waals surface area contributed by atoms with Gasteiger partial charge in [-0.15, -0.1) is 0 Å². The maximum Gasteiger partial charge on any atom is 0.416 e. The number of hydrogen-bond acceptors (Lipinski definition) is 3. The van der Waals surface area contributed by atoms with Gasteiger partial charge in [0.15, 0.2) is 0 Å². The van der Waals surface area contributed by atoms with Crippen molar-refractivity contribution in [2.24, 2.45) is 0 Å². The Hall–Kier alpha value is -2.75. The van der Waals surface area contributed by atoms with Crippen LogP contribution in [-0.2, 0) is 27.5 Å². The largest absolute Gasteiger partial charge is 0.416 e. The number of anilines is 1. The van der Waals surface area contributed by atoms with Crippen LogP contribution >= 0.6 is 23.2 Å². The molecule has 0 bridgehead atoms. The first-order valence-corrected chi connectivity index (χ1v) is 11.6. The predicted molar refractivity (Wildman–Crippen MR) is 121 cm³/mol. The number of nitrogens with zero attached hydrogens (tertiary/aromatic N) is 1. The van der Waals surface area contributed by atoms with Crippen LogP contribution in [0.4, 0.5) is 18.9 Å². The van der Waals surface area contributed by atoms with Gasteiger partial charge in [0.2, 0.25) is 5.91 Å². The molecule has 0 aliphatic carbocycles. The Kier molecular flexibility index (Phi) is 7.56. The summed E-state index contributed by atoms with van der Waals surface area (Å²) in [7, 11) is -4.19. The highest BCUT2D eigenvalue weighted by Gasteiger charge is 2.30. The number of benzene rings is 3. The Balaban J connectivity index is 1.85. The molecule has 1 amide bonds. The van der Waals surface area contributed by atoms with E-state index < -0.39 is 34.2 Å². The van der Waals surface area contributed by atoms with Crippen molar-refractivity contribution in [3.05, 3.63) is 94.0 Å². The van der Waals surface area contributed by atoms with Gasteiger partial charge < -0.3 is 5.32 Å². The number of halogens is 5. The fourth-order valence-electron chi connectivity index (χ4n) is 2.96. The molecule has 1 N–H and O–H groups in total. The van der Waals surface area contributed by atoms with Crippen LogP contribution in [0.25, 0.3) is 0 Å². The fraction of sp³-hybridized carbons (Fsp3) is 0.136. The van der Waals surface area contributed by atoms with E-state index in [1.54, 1.807) is 6.07 Å². The minimum absolute atomic E-state index is 0.0607. The van der Waals surface area contributed by atoms with E-state index in [1.165, 1.54) is 54.6 Å². The van der Waals surface area contributed by atoms with Gasteiger partial charge in [-0.1, -0.05) is 53.5 Å². The molecule has 3 aromatic carbocycles. The highest BCUT2D eigenvalue weighted by molar-refractivity contribution is 7.92. The van der Waals surface area contributed by atoms with Gasteiger partial charge >= 0.3 is 6.18 Å². The third-order valence-corrected chi connectivity index (χ3v) is 6.72. The third kappa shape index (κ3) is 6.40. The van der Waals surface area contributed by atoms with Crippen LogP contribution in [-0.4, -0.2) is 20.9 Å². The first kappa shape index (κ1) is 24.9. The van der Waals surface area contributed by atoms with E-state index in [0.29, 0.717) is 0 Å². The van der Waals surface area contributed by atoms with Gasteiger partial charge in [0, 0.05) is 16.6 Å². The number of amides is 1. The van der Waals surface area contributed by atoms with E-state index in [9.17, 15) is 26.4 Å². The minimum Gasteiger partial charge on any atom is -0.350 e. The molecule has 3 rings (SSSR count). The van der Waals surface area contributed by atoms with Gasteiger partial charge in [-0.05, 0) is 48.0 Å². The zero-order valence-electron chi connectivity index (χ0n) is 16.8. The maximum atomic E-state index is 13.3. The number of sulfonamides is 1. The molecule has 11 heteroatoms. The zero-order valence-corrected chi connectivity index (χ0v) is 19.1. The molecule has 0 unspecified atom stereocenters. The lowest BCUT2D eigenvalue weighted by molar-refractivity contribution is -0.137. The highest BCUT2D eigenvalue weighted by atomic mass is 35.5. The van der Waals surface area contributed by atoms with Crippen molar-refractivity contribution in [1.29, 1.82) is 0 Å². The summed E-state index contributed by atoms with van der Waals surface area (Å²) in [6.07, 6.45) is -4.52. The molecule has 0 atom stereocenters. The summed E-state index contributed by atoms with van der Waals surface area (Å²) in [5.74, 6) is -0.733. The maximum absolute atomic E-state index is 13.3. The van der Waals surface area contributed by atoms with Crippen molar-refractivity contribution in [1.82, 2.24) is 5.32 Å². The van der Waals surface area contributed by atoms with Crippen LogP contribution < -0.4 is 9.62 Å². The second-order valence-electron chi connectivity index (χ2n) is 6.93. The summed E-state index contributed by atoms with van der Waals surface area (Å²) in [5, 5.41) is 2.78. The van der Waals surface area contributed by atoms with Gasteiger partial charge in [0.25, 0.3) is 10.0 Å². The van der Waals surface area contributed by atoms with E-state index in [4.69, 9.17) is 23.2 Å². The van der Waals surface area contributed by atoms with E-state index in [-0.39, 0.29) is 32.7 Å². The van der Waals surface area contributed by atoms with Gasteiger partial charge in [-0.3, -0.25) is 9.10 Å². The molecule has 0 aromatic heterocycles. The third-order valence-electron chi connectivity index (χ3n) is 4.50. The number of carbonyl (C=O) groups is 1. The normalized spacial score (nSPS) is 11.8. The average Bonchev–Trinajstić information content (AvgIpc) is 2.75. The number of nitrogens with one attached hydrogen (secondary N) is 1. The average molecular weight is 517 g/mol. The van der Waals surface area contributed by atoms with Crippen molar-refractivity contribution in [2.75, 3.05) is 10.8 Å². The van der Waals surface area contributed by atoms with Crippen LogP contribution in [0, 0.1) is 0 Å². The lowest BCUT2D eigenvalue weighted by Gasteiger charge is -2.24. The van der Waals surface area contributed by atoms with Crippen LogP contribution in [0.2, 0.25) is 10.0 Å². The summed E-state index contributed by atoms with van der Waals surface area (Å²) < 4.78 is 66.1. The van der Waals surface area contributed by atoms with E-state index >= 15 is 0 Å². The molecule has 0 aliphatic heterocycles. The first-order chi connectivity index (χ1) is 15.5. The molecule has 0 aliphatic rings. The summed E-state index contributed by atoms with van der Waals surface area (Å²) in [6, 6.07) is 16.0. The fourth-order valence-corrected chi connectivity index (χ4v) is 4.90. The Morgan fingerprint density at radius 3 is 2.15 bits per heavy atom. The zero-order chi connectivity index (χ0) is 24.2. The summed E-state index contributed by atoms with van der Waals surface area (Å²) in [5.41, 5.74) is -0.580. The molecule has 0 saturated carbocycles. The molecule has 0 fully saturated rings. The van der Waals surface area contributed by atoms with Gasteiger partial charge in [-0.25, -0.2) is 8.42 Å². The quantitative estimate of drug-likeness (QED) is 0.449. The van der Waals surface area contributed by atoms with Crippen molar-refractivity contribution in [3.63, 3.8) is 0 Å². The molecule has 0 spiro atoms. The predicted octanol–water partition coefficient (Wildman–Crippen LogP) is 5.52. The lowest BCUT2D eigenvalue weighted by atomic mass is 10.1. The first-order valence-electron chi connectivity index (χ1n) is 9.43. The number of hydrogen-bond donors (Lipinski definition) is 1. The smallest absolute Gasteiger partial charge is 0.350 e. The van der Waals surface area contributed by atoms with Gasteiger partial charge in [-0.2, -0.15) is 13.2 Å². The Labute approximate surface area is 198 Å². The summed E-state index contributed by atoms with van der Waals surface area (Å²) in [4.78, 5) is 12.6. The Morgan fingerprint density at radius 2 is 1.55 bits per heavy atom. The molecule has 0 radical (unpaired) electrons. The molecule has 3 aromatic rings. The summed E-state index contributed by atoms with van der Waals surface area (Å²) in [6.45, 7) is -0.870. The van der Waals surface area contributed by atoms with Crippen LogP contribution in [0.3, 0.4) is 0 Å². The molecule has 0 saturated heterocycles. The SMILES string of the molecule is O=C(CN(c1cc(Cl)cc(Cl)c1)S(=O)(=O)c1ccccc1)NCc1cccc(C(F)(F)F)c1. The van der Waals surface area contributed by atoms with E-state index in [2.05, 4.69) is 5.32 Å². The molecular formula is C22H17Cl2F3N2O3S. The second-order valence-corrected chi connectivity index (χ2v) is 9.66. The highest BCUT2D eigenvalue weighted by Crippen LogP contribution is 2.30. The molecule has 0 heterocycles. The van der Waals surface area contributed by atoms with Gasteiger partial charge in [0.1, 0.15) is 6.54 Å². The molecular weight excluding hydrogens is 500 g/mol. The van der Waals surface area contributed by atoms with Crippen LogP contribution in [0.1, 0.15) is 11.1 Å². The van der Waals surface area contributed by atoms with Crippen LogP contribution in [0.5, 0.6) is 0 Å². The standard InChI is InChI=1S/C22H17Cl2F3N2O3S/c23-17-10-18(24)12-19(11-17)29(33(31,32)20-7-2-1-3-8-20)14-21(30)28-13-15-5-4-6-16(9-15)22(25,26)27/h1-12H,13-14H2,(H,28,30). The molecule has 5 nitrogen and oxygen atoms in total. The van der Waals surface area contributed by atoms with Gasteiger partial charge in [0.05, 0.1) is 16.1 Å². The number of rotatable bonds is 7. The summed E-state index contributed by atoms with van der Waals surface area (Å²) >= 11 is 12.0. The molecule has 174 valence electrons. The van der Waals surface area contributed by atoms with E-state index in [0.717, 1.165) is 16.4 Å². The Bertz CT molecular complexity index is 1230. The van der Waals surface area contributed by atoms with Crippen LogP contribution in [0.15, 0.2) is 77.7 Å².